The minimum atomic E-state index is -0.118. The molecular weight excluding hydrogens is 571 g/mol. The number of rotatable bonds is 5. The van der Waals surface area contributed by atoms with Crippen molar-refractivity contribution in [3.05, 3.63) is 175 Å². The first-order chi connectivity index (χ1) is 23.1. The Bertz CT molecular complexity index is 2450. The fraction of sp³-hybridized carbons (Fsp3) is 0.0667. The Balaban J connectivity index is 1.33. The first kappa shape index (κ1) is 27.5. The average Bonchev–Trinajstić information content (AvgIpc) is 3.62. The van der Waals surface area contributed by atoms with E-state index < -0.39 is 0 Å². The van der Waals surface area contributed by atoms with Gasteiger partial charge < -0.3 is 9.32 Å². The third kappa shape index (κ3) is 4.26. The molecule has 0 spiro atoms. The van der Waals surface area contributed by atoms with Gasteiger partial charge in [0.2, 0.25) is 0 Å². The monoisotopic (exact) mass is 603 g/mol. The van der Waals surface area contributed by atoms with Crippen molar-refractivity contribution in [1.82, 2.24) is 0 Å². The molecule has 7 aromatic carbocycles. The van der Waals surface area contributed by atoms with Gasteiger partial charge in [0, 0.05) is 33.0 Å². The number of fused-ring (bicyclic) bond motifs is 6. The number of hydrogen-bond donors (Lipinski definition) is 0. The number of anilines is 3. The smallest absolute Gasteiger partial charge is 0.136 e. The standard InChI is InChI=1S/C45H33NO/c1-45(2)38-22-10-6-18-33(38)34-28-27-31(29-39(34)45)46(40-23-11-7-17-32(40)30-15-4-3-5-16-30)41-24-12-8-19-35(41)36-21-14-26-43-44(36)37-20-9-13-25-42(37)47-43/h3-29H,1-2H3. The summed E-state index contributed by atoms with van der Waals surface area (Å²) in [7, 11) is 0. The topological polar surface area (TPSA) is 16.4 Å². The van der Waals surface area contributed by atoms with Crippen LogP contribution in [0.3, 0.4) is 0 Å². The molecule has 0 saturated carbocycles. The summed E-state index contributed by atoms with van der Waals surface area (Å²) in [4.78, 5) is 2.46. The predicted octanol–water partition coefficient (Wildman–Crippen LogP) is 12.7. The summed E-state index contributed by atoms with van der Waals surface area (Å²) in [6.07, 6.45) is 0. The number of benzene rings is 7. The van der Waals surface area contributed by atoms with E-state index in [1.165, 1.54) is 33.4 Å². The highest BCUT2D eigenvalue weighted by Gasteiger charge is 2.36. The molecule has 224 valence electrons. The van der Waals surface area contributed by atoms with E-state index in [1.807, 2.05) is 6.07 Å². The second kappa shape index (κ2) is 10.6. The van der Waals surface area contributed by atoms with Crippen LogP contribution in [-0.4, -0.2) is 0 Å². The summed E-state index contributed by atoms with van der Waals surface area (Å²) >= 11 is 0. The Morgan fingerprint density at radius 3 is 1.87 bits per heavy atom. The van der Waals surface area contributed by atoms with Crippen molar-refractivity contribution in [2.24, 2.45) is 0 Å². The van der Waals surface area contributed by atoms with Crippen LogP contribution < -0.4 is 4.90 Å². The first-order valence-electron chi connectivity index (χ1n) is 16.3. The summed E-state index contributed by atoms with van der Waals surface area (Å²) in [6.45, 7) is 4.70. The molecule has 0 saturated heterocycles. The molecule has 0 unspecified atom stereocenters. The molecule has 47 heavy (non-hydrogen) atoms. The molecule has 0 N–H and O–H groups in total. The predicted molar refractivity (Wildman–Crippen MR) is 197 cm³/mol. The summed E-state index contributed by atoms with van der Waals surface area (Å²) in [5, 5.41) is 2.26. The van der Waals surface area contributed by atoms with Gasteiger partial charge in [-0.1, -0.05) is 141 Å². The first-order valence-corrected chi connectivity index (χ1v) is 16.3. The molecule has 0 radical (unpaired) electrons. The van der Waals surface area contributed by atoms with Gasteiger partial charge >= 0.3 is 0 Å². The van der Waals surface area contributed by atoms with Crippen LogP contribution in [0.1, 0.15) is 25.0 Å². The Morgan fingerprint density at radius 2 is 1.04 bits per heavy atom. The number of hydrogen-bond acceptors (Lipinski definition) is 2. The zero-order valence-electron chi connectivity index (χ0n) is 26.4. The molecule has 1 aliphatic carbocycles. The van der Waals surface area contributed by atoms with Gasteiger partial charge in [-0.2, -0.15) is 0 Å². The number of para-hydroxylation sites is 3. The van der Waals surface area contributed by atoms with Gasteiger partial charge in [0.25, 0.3) is 0 Å². The summed E-state index contributed by atoms with van der Waals surface area (Å²) < 4.78 is 6.35. The van der Waals surface area contributed by atoms with Crippen molar-refractivity contribution in [1.29, 1.82) is 0 Å². The maximum atomic E-state index is 6.35. The molecule has 2 nitrogen and oxygen atoms in total. The largest absolute Gasteiger partial charge is 0.456 e. The van der Waals surface area contributed by atoms with Crippen molar-refractivity contribution in [3.63, 3.8) is 0 Å². The van der Waals surface area contributed by atoms with Gasteiger partial charge in [0.05, 0.1) is 11.4 Å². The van der Waals surface area contributed by atoms with E-state index in [4.69, 9.17) is 4.42 Å². The average molecular weight is 604 g/mol. The van der Waals surface area contributed by atoms with E-state index in [0.717, 1.165) is 50.1 Å². The fourth-order valence-electron chi connectivity index (χ4n) is 7.67. The minimum absolute atomic E-state index is 0.118. The zero-order valence-corrected chi connectivity index (χ0v) is 26.4. The molecule has 1 heterocycles. The van der Waals surface area contributed by atoms with E-state index in [-0.39, 0.29) is 5.41 Å². The van der Waals surface area contributed by atoms with E-state index in [0.29, 0.717) is 0 Å². The molecule has 8 aromatic rings. The third-order valence-electron chi connectivity index (χ3n) is 9.89. The van der Waals surface area contributed by atoms with Crippen LogP contribution in [0.2, 0.25) is 0 Å². The molecule has 2 heteroatoms. The van der Waals surface area contributed by atoms with Crippen molar-refractivity contribution in [2.75, 3.05) is 4.90 Å². The number of nitrogens with zero attached hydrogens (tertiary/aromatic N) is 1. The van der Waals surface area contributed by atoms with Gasteiger partial charge in [-0.3, -0.25) is 0 Å². The van der Waals surface area contributed by atoms with Gasteiger partial charge in [-0.25, -0.2) is 0 Å². The third-order valence-corrected chi connectivity index (χ3v) is 9.89. The van der Waals surface area contributed by atoms with Crippen LogP contribution in [0.5, 0.6) is 0 Å². The highest BCUT2D eigenvalue weighted by molar-refractivity contribution is 6.14. The highest BCUT2D eigenvalue weighted by atomic mass is 16.3. The van der Waals surface area contributed by atoms with E-state index in [1.54, 1.807) is 0 Å². The molecule has 9 rings (SSSR count). The molecule has 0 atom stereocenters. The molecule has 0 amide bonds. The lowest BCUT2D eigenvalue weighted by Crippen LogP contribution is -2.17. The Labute approximate surface area is 275 Å². The Hall–Kier alpha value is -5.86. The lowest BCUT2D eigenvalue weighted by molar-refractivity contribution is 0.660. The van der Waals surface area contributed by atoms with E-state index >= 15 is 0 Å². The normalized spacial score (nSPS) is 13.1. The zero-order chi connectivity index (χ0) is 31.5. The second-order valence-electron chi connectivity index (χ2n) is 12.9. The molecule has 0 bridgehead atoms. The second-order valence-corrected chi connectivity index (χ2v) is 12.9. The minimum Gasteiger partial charge on any atom is -0.456 e. The van der Waals surface area contributed by atoms with Crippen LogP contribution in [0.15, 0.2) is 168 Å². The Kier molecular flexibility index (Phi) is 6.20. The summed E-state index contributed by atoms with van der Waals surface area (Å²) in [5.41, 5.74) is 15.1. The molecular formula is C45H33NO. The maximum Gasteiger partial charge on any atom is 0.136 e. The van der Waals surface area contributed by atoms with Crippen LogP contribution in [0, 0.1) is 0 Å². The Morgan fingerprint density at radius 1 is 0.447 bits per heavy atom. The van der Waals surface area contributed by atoms with Gasteiger partial charge in [-0.15, -0.1) is 0 Å². The SMILES string of the molecule is CC1(C)c2ccccc2-c2ccc(N(c3ccccc3-c3ccccc3)c3ccccc3-c3cccc4oc5ccccc5c34)cc21. The highest BCUT2D eigenvalue weighted by Crippen LogP contribution is 2.52. The summed E-state index contributed by atoms with van der Waals surface area (Å²) in [6, 6.07) is 58.9. The van der Waals surface area contributed by atoms with Crippen LogP contribution in [0.25, 0.3) is 55.3 Å². The molecule has 1 aromatic heterocycles. The quantitative estimate of drug-likeness (QED) is 0.195. The lowest BCUT2D eigenvalue weighted by Gasteiger charge is -2.31. The van der Waals surface area contributed by atoms with E-state index in [2.05, 4.69) is 176 Å². The number of furan rings is 1. The molecule has 1 aliphatic rings. The maximum absolute atomic E-state index is 6.35. The van der Waals surface area contributed by atoms with Crippen molar-refractivity contribution in [3.8, 4) is 33.4 Å². The van der Waals surface area contributed by atoms with Crippen molar-refractivity contribution >= 4 is 39.0 Å². The van der Waals surface area contributed by atoms with Crippen molar-refractivity contribution in [2.45, 2.75) is 19.3 Å². The van der Waals surface area contributed by atoms with E-state index in [9.17, 15) is 0 Å². The van der Waals surface area contributed by atoms with Gasteiger partial charge in [-0.05, 0) is 69.8 Å². The molecule has 0 aliphatic heterocycles. The van der Waals surface area contributed by atoms with Crippen LogP contribution in [0.4, 0.5) is 17.1 Å². The van der Waals surface area contributed by atoms with Crippen molar-refractivity contribution < 1.29 is 4.42 Å². The van der Waals surface area contributed by atoms with Gasteiger partial charge in [0.1, 0.15) is 11.2 Å². The lowest BCUT2D eigenvalue weighted by atomic mass is 9.82. The fourth-order valence-corrected chi connectivity index (χ4v) is 7.67. The summed E-state index contributed by atoms with van der Waals surface area (Å²) in [5.74, 6) is 0. The van der Waals surface area contributed by atoms with Gasteiger partial charge in [0.15, 0.2) is 0 Å². The van der Waals surface area contributed by atoms with Crippen LogP contribution in [-0.2, 0) is 5.41 Å². The molecule has 0 fully saturated rings. The van der Waals surface area contributed by atoms with Crippen LogP contribution >= 0.6 is 0 Å².